The van der Waals surface area contributed by atoms with Gasteiger partial charge >= 0.3 is 6.18 Å². The molecule has 0 aromatic carbocycles. The number of nitrogens with two attached hydrogens (primary N) is 1. The third-order valence-electron chi connectivity index (χ3n) is 9.31. The summed E-state index contributed by atoms with van der Waals surface area (Å²) in [6.07, 6.45) is 0.423. The van der Waals surface area contributed by atoms with Gasteiger partial charge < -0.3 is 10.6 Å². The molecule has 0 unspecified atom stereocenters. The van der Waals surface area contributed by atoms with Gasteiger partial charge in [-0.2, -0.15) is 18.3 Å². The number of amides is 1. The Balaban J connectivity index is 1.74. The van der Waals surface area contributed by atoms with E-state index in [1.165, 1.54) is 12.4 Å². The molecule has 0 radical (unpaired) electrons. The van der Waals surface area contributed by atoms with E-state index in [4.69, 9.17) is 28.9 Å². The summed E-state index contributed by atoms with van der Waals surface area (Å²) in [4.78, 5) is 32.2. The lowest BCUT2D eigenvalue weighted by Gasteiger charge is -2.37. The van der Waals surface area contributed by atoms with Gasteiger partial charge in [-0.3, -0.25) is 14.6 Å². The molecule has 2 saturated carbocycles. The zero-order valence-electron chi connectivity index (χ0n) is 22.7. The van der Waals surface area contributed by atoms with E-state index in [0.29, 0.717) is 31.6 Å². The maximum Gasteiger partial charge on any atom is 0.433 e. The number of alkyl halides is 3. The lowest BCUT2D eigenvalue weighted by Crippen LogP contribution is -2.48. The second-order valence-corrected chi connectivity index (χ2v) is 13.0. The van der Waals surface area contributed by atoms with Crippen LogP contribution in [0.15, 0.2) is 18.6 Å². The Kier molecular flexibility index (Phi) is 7.67. The molecule has 214 valence electrons. The molecule has 7 nitrogen and oxygen atoms in total. The minimum Gasteiger partial charge on any atom is -0.331 e. The molecule has 39 heavy (non-hydrogen) atoms. The summed E-state index contributed by atoms with van der Waals surface area (Å²) >= 11 is 12.3. The normalized spacial score (nSPS) is 24.4. The molecule has 2 heterocycles. The molecule has 0 spiro atoms. The van der Waals surface area contributed by atoms with Crippen LogP contribution in [0.25, 0.3) is 0 Å². The maximum absolute atomic E-state index is 14.5. The number of hydrogen-bond acceptors (Lipinski definition) is 5. The molecule has 0 atom stereocenters. The van der Waals surface area contributed by atoms with E-state index in [1.807, 2.05) is 34.6 Å². The highest BCUT2D eigenvalue weighted by Gasteiger charge is 2.65. The van der Waals surface area contributed by atoms with E-state index in [-0.39, 0.29) is 38.9 Å². The summed E-state index contributed by atoms with van der Waals surface area (Å²) in [6, 6.07) is 0. The van der Waals surface area contributed by atoms with Gasteiger partial charge in [0, 0.05) is 18.9 Å². The van der Waals surface area contributed by atoms with Crippen LogP contribution in [-0.4, -0.2) is 44.4 Å². The van der Waals surface area contributed by atoms with Gasteiger partial charge in [0.05, 0.1) is 33.9 Å². The van der Waals surface area contributed by atoms with E-state index >= 15 is 0 Å². The standard InChI is InChI=1S/C27H34Cl2F3N5O2/c1-15-6-8-26(33,9-7-15)37-22(27(30,31)32)16(10-35-37)23(39)36(14-20-24(2,3)25(20,4)5)13-19(38)21-17(28)11-34-12-18(21)29/h10-12,15,20H,6-9,13-14,33H2,1-5H3. The third kappa shape index (κ3) is 5.32. The number of hydrogen-bond donors (Lipinski definition) is 1. The molecule has 2 aromatic heterocycles. The maximum atomic E-state index is 14.5. The number of carbonyl (C=O) groups is 2. The summed E-state index contributed by atoms with van der Waals surface area (Å²) in [6.45, 7) is 9.69. The van der Waals surface area contributed by atoms with Crippen LogP contribution < -0.4 is 5.73 Å². The first-order chi connectivity index (χ1) is 17.9. The summed E-state index contributed by atoms with van der Waals surface area (Å²) < 4.78 is 44.3. The summed E-state index contributed by atoms with van der Waals surface area (Å²) in [5.41, 5.74) is 2.84. The highest BCUT2D eigenvalue weighted by Crippen LogP contribution is 2.68. The Morgan fingerprint density at radius 2 is 1.62 bits per heavy atom. The van der Waals surface area contributed by atoms with Crippen molar-refractivity contribution in [1.29, 1.82) is 0 Å². The lowest BCUT2D eigenvalue weighted by atomic mass is 9.83. The van der Waals surface area contributed by atoms with Crippen LogP contribution in [0.4, 0.5) is 13.2 Å². The van der Waals surface area contributed by atoms with Crippen molar-refractivity contribution in [2.75, 3.05) is 13.1 Å². The zero-order chi connectivity index (χ0) is 29.1. The first-order valence-electron chi connectivity index (χ1n) is 13.0. The van der Waals surface area contributed by atoms with E-state index < -0.39 is 41.3 Å². The fourth-order valence-corrected chi connectivity index (χ4v) is 6.49. The quantitative estimate of drug-likeness (QED) is 0.376. The number of halogens is 5. The Morgan fingerprint density at radius 3 is 2.10 bits per heavy atom. The van der Waals surface area contributed by atoms with Crippen LogP contribution in [0, 0.1) is 22.7 Å². The van der Waals surface area contributed by atoms with Crippen molar-refractivity contribution in [3.63, 3.8) is 0 Å². The van der Waals surface area contributed by atoms with E-state index in [2.05, 4.69) is 10.1 Å². The predicted molar refractivity (Wildman–Crippen MR) is 143 cm³/mol. The second-order valence-electron chi connectivity index (χ2n) is 12.2. The van der Waals surface area contributed by atoms with Gasteiger partial charge in [0.15, 0.2) is 11.5 Å². The van der Waals surface area contributed by atoms with Crippen molar-refractivity contribution in [3.8, 4) is 0 Å². The molecule has 4 rings (SSSR count). The van der Waals surface area contributed by atoms with Gasteiger partial charge in [0.1, 0.15) is 5.66 Å². The zero-order valence-corrected chi connectivity index (χ0v) is 24.2. The van der Waals surface area contributed by atoms with Crippen molar-refractivity contribution in [1.82, 2.24) is 19.7 Å². The van der Waals surface area contributed by atoms with Gasteiger partial charge in [0.2, 0.25) is 0 Å². The predicted octanol–water partition coefficient (Wildman–Crippen LogP) is 6.43. The largest absolute Gasteiger partial charge is 0.433 e. The van der Waals surface area contributed by atoms with Crippen molar-refractivity contribution in [3.05, 3.63) is 45.5 Å². The molecule has 2 N–H and O–H groups in total. The van der Waals surface area contributed by atoms with Gasteiger partial charge in [-0.15, -0.1) is 0 Å². The van der Waals surface area contributed by atoms with Gasteiger partial charge in [-0.25, -0.2) is 4.68 Å². The van der Waals surface area contributed by atoms with E-state index in [9.17, 15) is 22.8 Å². The molecular weight excluding hydrogens is 554 g/mol. The average molecular weight is 589 g/mol. The molecule has 2 fully saturated rings. The summed E-state index contributed by atoms with van der Waals surface area (Å²) in [7, 11) is 0. The van der Waals surface area contributed by atoms with Crippen molar-refractivity contribution >= 4 is 34.9 Å². The van der Waals surface area contributed by atoms with Gasteiger partial charge in [-0.05, 0) is 48.3 Å². The average Bonchev–Trinajstić information content (AvgIpc) is 3.15. The van der Waals surface area contributed by atoms with Crippen LogP contribution in [0.5, 0.6) is 0 Å². The van der Waals surface area contributed by atoms with Crippen LogP contribution in [0.1, 0.15) is 86.7 Å². The lowest BCUT2D eigenvalue weighted by molar-refractivity contribution is -0.147. The van der Waals surface area contributed by atoms with E-state index in [1.54, 1.807) is 0 Å². The SMILES string of the molecule is CC1CCC(N)(n2ncc(C(=O)N(CC(=O)c3c(Cl)cncc3Cl)CC3C(C)(C)C3(C)C)c2C(F)(F)F)CC1. The Bertz CT molecular complexity index is 1250. The Morgan fingerprint density at radius 1 is 1.08 bits per heavy atom. The second kappa shape index (κ2) is 10.0. The first kappa shape index (κ1) is 29.8. The van der Waals surface area contributed by atoms with Crippen molar-refractivity contribution < 1.29 is 22.8 Å². The van der Waals surface area contributed by atoms with Crippen LogP contribution >= 0.6 is 23.2 Å². The molecular formula is C27H34Cl2F3N5O2. The van der Waals surface area contributed by atoms with E-state index in [0.717, 1.165) is 15.8 Å². The highest BCUT2D eigenvalue weighted by molar-refractivity contribution is 6.39. The summed E-state index contributed by atoms with van der Waals surface area (Å²) in [5, 5.41) is 4.00. The number of pyridine rings is 1. The van der Waals surface area contributed by atoms with Crippen LogP contribution in [0.2, 0.25) is 10.0 Å². The number of nitrogens with zero attached hydrogens (tertiary/aromatic N) is 4. The fraction of sp³-hybridized carbons (Fsp3) is 0.630. The minimum atomic E-state index is -4.90. The number of aromatic nitrogens is 3. The molecule has 0 saturated heterocycles. The van der Waals surface area contributed by atoms with Crippen molar-refractivity contribution in [2.24, 2.45) is 28.4 Å². The molecule has 0 bridgehead atoms. The molecule has 2 aromatic rings. The number of rotatable bonds is 7. The molecule has 12 heteroatoms. The minimum absolute atomic E-state index is 0.00705. The summed E-state index contributed by atoms with van der Waals surface area (Å²) in [5.74, 6) is -1.27. The Hall–Kier alpha value is -2.17. The topological polar surface area (TPSA) is 94.1 Å². The smallest absolute Gasteiger partial charge is 0.331 e. The van der Waals surface area contributed by atoms with Crippen LogP contribution in [0.3, 0.4) is 0 Å². The van der Waals surface area contributed by atoms with Gasteiger partial charge in [0.25, 0.3) is 5.91 Å². The Labute approximate surface area is 236 Å². The van der Waals surface area contributed by atoms with Crippen LogP contribution in [-0.2, 0) is 11.8 Å². The molecule has 1 amide bonds. The van der Waals surface area contributed by atoms with Gasteiger partial charge in [-0.1, -0.05) is 57.8 Å². The number of Topliss-reactive ketones (excluding diaryl/α,β-unsaturated/α-hetero) is 1. The molecule has 2 aliphatic carbocycles. The number of carbonyl (C=O) groups excluding carboxylic acids is 2. The highest BCUT2D eigenvalue weighted by atomic mass is 35.5. The fourth-order valence-electron chi connectivity index (χ4n) is 5.92. The third-order valence-corrected chi connectivity index (χ3v) is 9.88. The van der Waals surface area contributed by atoms with Crippen molar-refractivity contribution in [2.45, 2.75) is 72.1 Å². The molecule has 0 aliphatic heterocycles. The first-order valence-corrected chi connectivity index (χ1v) is 13.7. The number of ketones is 1. The molecule has 2 aliphatic rings. The monoisotopic (exact) mass is 587 g/mol.